The minimum atomic E-state index is -0.462. The van der Waals surface area contributed by atoms with Crippen LogP contribution in [0, 0.1) is 13.5 Å². The Morgan fingerprint density at radius 3 is 2.86 bits per heavy atom. The van der Waals surface area contributed by atoms with Gasteiger partial charge < -0.3 is 25.0 Å². The molecule has 10 heteroatoms. The van der Waals surface area contributed by atoms with Crippen molar-refractivity contribution >= 4 is 40.2 Å². The number of carbonyl (C=O) groups excluding carboxylic acids is 1. The van der Waals surface area contributed by atoms with Crippen LogP contribution in [0.5, 0.6) is 11.5 Å². The normalized spacial score (nSPS) is 11.4. The standard InChI is InChI=1S/C18H17N5O3S.Na/c1-9-15-12(8-20-16(9)19-3)22-18(23-15)27-10(2)17(25)21-11-5-6-14(26-4)13(24)7-11;/h5-8,10,24H,1-2,4H3,(H,21,25)(H,22,23);/q;+1/p-1. The zero-order valence-corrected chi connectivity index (χ0v) is 18.7. The summed E-state index contributed by atoms with van der Waals surface area (Å²) in [6.45, 7) is 10.7. The van der Waals surface area contributed by atoms with E-state index in [0.29, 0.717) is 33.3 Å². The molecule has 2 N–H and O–H groups in total. The number of fused-ring (bicyclic) bond motifs is 1. The zero-order valence-electron chi connectivity index (χ0n) is 15.9. The van der Waals surface area contributed by atoms with Gasteiger partial charge in [-0.15, -0.1) is 4.98 Å². The van der Waals surface area contributed by atoms with Gasteiger partial charge in [-0.1, -0.05) is 24.1 Å². The molecule has 0 aliphatic heterocycles. The Labute approximate surface area is 188 Å². The van der Waals surface area contributed by atoms with Gasteiger partial charge in [-0.3, -0.25) is 4.79 Å². The van der Waals surface area contributed by atoms with E-state index < -0.39 is 5.25 Å². The number of methoxy groups -OCH3 is 1. The molecule has 3 rings (SSSR count). The van der Waals surface area contributed by atoms with E-state index in [2.05, 4.69) is 25.1 Å². The average Bonchev–Trinajstić information content (AvgIpc) is 3.05. The quantitative estimate of drug-likeness (QED) is 0.352. The molecule has 1 aromatic carbocycles. The first-order chi connectivity index (χ1) is 12.9. The number of nitrogens with zero attached hydrogens (tertiary/aromatic N) is 3. The van der Waals surface area contributed by atoms with E-state index in [4.69, 9.17) is 11.3 Å². The van der Waals surface area contributed by atoms with Gasteiger partial charge in [0, 0.05) is 11.3 Å². The van der Waals surface area contributed by atoms with Crippen molar-refractivity contribution in [3.8, 4) is 11.5 Å². The number of ether oxygens (including phenoxy) is 1. The summed E-state index contributed by atoms with van der Waals surface area (Å²) in [5.74, 6) is -0.0297. The summed E-state index contributed by atoms with van der Waals surface area (Å²) >= 11 is 1.24. The molecule has 0 saturated carbocycles. The Hall–Kier alpha value is -2.25. The summed E-state index contributed by atoms with van der Waals surface area (Å²) in [7, 11) is 1.42. The average molecular weight is 405 g/mol. The van der Waals surface area contributed by atoms with E-state index in [9.17, 15) is 9.90 Å². The fraction of sp³-hybridized carbons (Fsp3) is 0.222. The minimum Gasteiger partial charge on any atom is -0.870 e. The molecular weight excluding hydrogens is 389 g/mol. The summed E-state index contributed by atoms with van der Waals surface area (Å²) in [6, 6.07) is 4.44. The van der Waals surface area contributed by atoms with Gasteiger partial charge in [0.1, 0.15) is 17.5 Å². The van der Waals surface area contributed by atoms with Crippen LogP contribution in [0.4, 0.5) is 11.5 Å². The van der Waals surface area contributed by atoms with Crippen LogP contribution in [0.1, 0.15) is 12.5 Å². The second kappa shape index (κ2) is 9.30. The maximum Gasteiger partial charge on any atom is 1.00 e. The number of aryl methyl sites for hydroxylation is 1. The number of thioether (sulfide) groups is 1. The van der Waals surface area contributed by atoms with Crippen LogP contribution in [0.25, 0.3) is 15.9 Å². The fourth-order valence-corrected chi connectivity index (χ4v) is 3.27. The Bertz CT molecular complexity index is 1060. The Kier molecular flexibility index (Phi) is 7.32. The number of carbonyl (C=O) groups is 1. The molecule has 0 aliphatic rings. The predicted octanol–water partition coefficient (Wildman–Crippen LogP) is 0.0226. The van der Waals surface area contributed by atoms with E-state index in [-0.39, 0.29) is 47.0 Å². The fourth-order valence-electron chi connectivity index (χ4n) is 2.46. The van der Waals surface area contributed by atoms with E-state index in [1.807, 2.05) is 0 Å². The molecule has 0 saturated heterocycles. The Morgan fingerprint density at radius 1 is 1.46 bits per heavy atom. The van der Waals surface area contributed by atoms with Gasteiger partial charge in [-0.25, -0.2) is 4.98 Å². The molecule has 3 aromatic rings. The van der Waals surface area contributed by atoms with Crippen LogP contribution in [-0.2, 0) is 4.79 Å². The summed E-state index contributed by atoms with van der Waals surface area (Å²) < 4.78 is 4.92. The predicted molar refractivity (Wildman–Crippen MR) is 101 cm³/mol. The molecule has 0 fully saturated rings. The summed E-state index contributed by atoms with van der Waals surface area (Å²) in [4.78, 5) is 27.4. The van der Waals surface area contributed by atoms with Crippen molar-refractivity contribution in [2.45, 2.75) is 24.3 Å². The number of rotatable bonds is 5. The second-order valence-corrected chi connectivity index (χ2v) is 7.07. The van der Waals surface area contributed by atoms with E-state index in [1.54, 1.807) is 26.1 Å². The molecule has 1 atom stereocenters. The molecule has 8 nitrogen and oxygen atoms in total. The number of aromatic nitrogens is 3. The molecule has 0 aliphatic carbocycles. The third-order valence-corrected chi connectivity index (χ3v) is 4.90. The largest absolute Gasteiger partial charge is 1.00 e. The SMILES string of the molecule is [C-]#[N+]c1ncc2[nH]c(SC(C)C(=O)Nc3ccc(OC)c([O-])c3)nc2c1C.[Na+]. The van der Waals surface area contributed by atoms with Gasteiger partial charge in [0.05, 0.1) is 17.9 Å². The molecule has 0 bridgehead atoms. The van der Waals surface area contributed by atoms with Crippen molar-refractivity contribution in [1.29, 1.82) is 0 Å². The Morgan fingerprint density at radius 2 is 2.21 bits per heavy atom. The number of pyridine rings is 1. The molecule has 2 heterocycles. The molecule has 138 valence electrons. The van der Waals surface area contributed by atoms with E-state index >= 15 is 0 Å². The molecule has 1 amide bonds. The number of aromatic amines is 1. The first kappa shape index (κ1) is 22.0. The van der Waals surface area contributed by atoms with Crippen molar-refractivity contribution in [3.05, 3.63) is 41.4 Å². The molecule has 28 heavy (non-hydrogen) atoms. The van der Waals surface area contributed by atoms with Gasteiger partial charge in [0.15, 0.2) is 5.16 Å². The second-order valence-electron chi connectivity index (χ2n) is 5.74. The zero-order chi connectivity index (χ0) is 19.6. The van der Waals surface area contributed by atoms with Crippen LogP contribution in [-0.4, -0.2) is 33.2 Å². The van der Waals surface area contributed by atoms with Crippen molar-refractivity contribution in [2.75, 3.05) is 12.4 Å². The molecule has 0 radical (unpaired) electrons. The number of benzene rings is 1. The monoisotopic (exact) mass is 405 g/mol. The topological polar surface area (TPSA) is 107 Å². The van der Waals surface area contributed by atoms with Crippen molar-refractivity contribution in [1.82, 2.24) is 15.0 Å². The van der Waals surface area contributed by atoms with Gasteiger partial charge >= 0.3 is 29.6 Å². The third kappa shape index (κ3) is 4.59. The number of hydrogen-bond acceptors (Lipinski definition) is 6. The number of imidazole rings is 1. The Balaban J connectivity index is 0.00000280. The van der Waals surface area contributed by atoms with Gasteiger partial charge in [0.2, 0.25) is 5.91 Å². The minimum absolute atomic E-state index is 0. The number of amides is 1. The molecule has 2 aromatic heterocycles. The molecule has 0 spiro atoms. The first-order valence-corrected chi connectivity index (χ1v) is 8.86. The number of H-pyrrole nitrogens is 1. The van der Waals surface area contributed by atoms with Crippen LogP contribution in [0.2, 0.25) is 0 Å². The first-order valence-electron chi connectivity index (χ1n) is 7.98. The third-order valence-electron chi connectivity index (χ3n) is 3.91. The van der Waals surface area contributed by atoms with Gasteiger partial charge in [-0.2, -0.15) is 0 Å². The van der Waals surface area contributed by atoms with Crippen LogP contribution < -0.4 is 44.7 Å². The van der Waals surface area contributed by atoms with Crippen molar-refractivity contribution < 1.29 is 44.2 Å². The molecular formula is C18H16N5NaO3S. The summed E-state index contributed by atoms with van der Waals surface area (Å²) in [6.07, 6.45) is 1.56. The van der Waals surface area contributed by atoms with Crippen LogP contribution in [0.15, 0.2) is 29.6 Å². The number of hydrogen-bond donors (Lipinski definition) is 2. The summed E-state index contributed by atoms with van der Waals surface area (Å²) in [5.41, 5.74) is 2.48. The maximum atomic E-state index is 12.4. The summed E-state index contributed by atoms with van der Waals surface area (Å²) in [5, 5.41) is 14.6. The van der Waals surface area contributed by atoms with Crippen LogP contribution >= 0.6 is 11.8 Å². The van der Waals surface area contributed by atoms with E-state index in [0.717, 1.165) is 0 Å². The van der Waals surface area contributed by atoms with Crippen molar-refractivity contribution in [3.63, 3.8) is 0 Å². The maximum absolute atomic E-state index is 12.4. The number of nitrogens with one attached hydrogen (secondary N) is 2. The van der Waals surface area contributed by atoms with E-state index in [1.165, 1.54) is 31.0 Å². The molecule has 1 unspecified atom stereocenters. The van der Waals surface area contributed by atoms with Crippen LogP contribution in [0.3, 0.4) is 0 Å². The smallest absolute Gasteiger partial charge is 0.870 e. The van der Waals surface area contributed by atoms with Crippen molar-refractivity contribution in [2.24, 2.45) is 0 Å². The van der Waals surface area contributed by atoms with Gasteiger partial charge in [0.25, 0.3) is 5.82 Å². The van der Waals surface area contributed by atoms with Gasteiger partial charge in [-0.05, 0) is 32.0 Å². The number of anilines is 1.